The third-order valence-corrected chi connectivity index (χ3v) is 18.8. The molecule has 2 unspecified atom stereocenters. The van der Waals surface area contributed by atoms with Gasteiger partial charge in [0.2, 0.25) is 11.8 Å². The van der Waals surface area contributed by atoms with E-state index in [9.17, 15) is 48.6 Å². The van der Waals surface area contributed by atoms with Crippen LogP contribution in [0.4, 0.5) is 11.4 Å². The zero-order valence-corrected chi connectivity index (χ0v) is 59.4. The summed E-state index contributed by atoms with van der Waals surface area (Å²) in [5.41, 5.74) is 15.2. The van der Waals surface area contributed by atoms with Gasteiger partial charge in [0.15, 0.2) is 0 Å². The largest absolute Gasteiger partial charge is 0.478 e. The Kier molecular flexibility index (Phi) is 26.6. The highest BCUT2D eigenvalue weighted by Gasteiger charge is 2.62. The van der Waals surface area contributed by atoms with Crippen LogP contribution < -0.4 is 9.80 Å². The monoisotopic (exact) mass is 1470 g/mol. The molecule has 1 fully saturated rings. The molecule has 0 radical (unpaired) electrons. The molecule has 548 valence electrons. The molecule has 4 amide bonds. The zero-order valence-electron chi connectivity index (χ0n) is 59.4. The summed E-state index contributed by atoms with van der Waals surface area (Å²) in [4.78, 5) is 167. The van der Waals surface area contributed by atoms with E-state index in [4.69, 9.17) is 47.8 Å². The summed E-state index contributed by atoms with van der Waals surface area (Å²) in [5.74, 6) is -6.51. The van der Waals surface area contributed by atoms with E-state index in [1.165, 1.54) is 69.0 Å². The highest BCUT2D eigenvalue weighted by atomic mass is 16.5. The topological polar surface area (TPSA) is 339 Å². The minimum Gasteiger partial charge on any atom is -0.478 e. The minimum absolute atomic E-state index is 0.0110. The van der Waals surface area contributed by atoms with E-state index in [2.05, 4.69) is 117 Å². The number of aryl methyl sites for hydroxylation is 2. The number of esters is 2. The van der Waals surface area contributed by atoms with Crippen molar-refractivity contribution < 1.29 is 96.4 Å². The number of carbonyl (C=O) groups is 8. The fourth-order valence-corrected chi connectivity index (χ4v) is 14.0. The number of hydrogen-bond acceptors (Lipinski definition) is 18. The van der Waals surface area contributed by atoms with E-state index in [1.807, 2.05) is 54.6 Å². The van der Waals surface area contributed by atoms with Gasteiger partial charge in [-0.25, -0.2) is 29.0 Å². The Morgan fingerprint density at radius 1 is 0.336 bits per heavy atom. The molecule has 2 bridgehead atoms. The summed E-state index contributed by atoms with van der Waals surface area (Å²) >= 11 is 0. The lowest BCUT2D eigenvalue weighted by Crippen LogP contribution is -2.41. The number of carboxylic acids is 2. The molecule has 0 aromatic heterocycles. The van der Waals surface area contributed by atoms with Gasteiger partial charge in [0, 0.05) is 24.0 Å². The number of rotatable bonds is 14. The standard InChI is InChI=1S/C42H33NO6.C32H26O4.C10H7NO2.4CO2/c1-3-23-10-12-24(13-11-23)25-14-17-29-32(20-25)35-30-18-15-26(27-16-19-31(42(48)49-4-2)34(22-27)41(46)47)21-33(30)36(29)38-37(35)39(44)43(40(38)45)28-8-6-5-7-9-28;1-3-20-5-7-21(8-6-20)22-9-11-24-18-28-16-23(10-12-25(28)17-27(24)15-22)26-13-14-29(32(35)36-4-2)30(19-26)31(33)34;12-9-6-7-10(13)11(9)8-4-2-1-3-5-8;4*2-1-3/h5-22,35-38H,3-4H2,1-2H3,(H,46,47);5-19H,3-4H2,1-2H3,(H,33,34);1-7H;;;;/t35?,36?,37-,38+;;;;;;/m1....../s1. The maximum Gasteiger partial charge on any atom is 0.373 e. The first kappa shape index (κ1) is 79.5. The summed E-state index contributed by atoms with van der Waals surface area (Å²) in [7, 11) is 0. The summed E-state index contributed by atoms with van der Waals surface area (Å²) in [6.45, 7) is 7.97. The average molecular weight is 1470 g/mol. The van der Waals surface area contributed by atoms with Crippen molar-refractivity contribution in [2.45, 2.75) is 52.4 Å². The predicted molar refractivity (Wildman–Crippen MR) is 398 cm³/mol. The molecule has 0 spiro atoms. The fraction of sp³-hybridized carbons (Fsp3) is 0.136. The lowest BCUT2D eigenvalue weighted by atomic mass is 9.54. The van der Waals surface area contributed by atoms with E-state index in [0.717, 1.165) is 84.0 Å². The van der Waals surface area contributed by atoms with Crippen molar-refractivity contribution in [3.05, 3.63) is 298 Å². The molecule has 11 aromatic rings. The highest BCUT2D eigenvalue weighted by molar-refractivity contribution is 6.28. The molecule has 3 aliphatic carbocycles. The molecular formula is C88H66N2O20. The van der Waals surface area contributed by atoms with Crippen molar-refractivity contribution in [3.8, 4) is 44.5 Å². The summed E-state index contributed by atoms with van der Waals surface area (Å²) in [6.07, 6.45) is 5.53. The second-order valence-electron chi connectivity index (χ2n) is 24.7. The smallest absolute Gasteiger partial charge is 0.373 e. The van der Waals surface area contributed by atoms with Crippen molar-refractivity contribution in [1.82, 2.24) is 0 Å². The molecule has 16 rings (SSSR count). The number of amides is 4. The number of aromatic carboxylic acids is 2. The number of para-hydroxylation sites is 2. The number of benzene rings is 11. The average Bonchev–Trinajstić information content (AvgIpc) is 1.43. The summed E-state index contributed by atoms with van der Waals surface area (Å²) in [5, 5.41) is 24.1. The maximum atomic E-state index is 14.3. The zero-order chi connectivity index (χ0) is 79.3. The number of ether oxygens (including phenoxy) is 2. The maximum absolute atomic E-state index is 14.3. The van der Waals surface area contributed by atoms with Crippen LogP contribution in [0.2, 0.25) is 0 Å². The summed E-state index contributed by atoms with van der Waals surface area (Å²) in [6, 6.07) is 74.0. The lowest BCUT2D eigenvalue weighted by Gasteiger charge is -2.46. The molecule has 2 aliphatic heterocycles. The molecule has 22 nitrogen and oxygen atoms in total. The Bertz CT molecular complexity index is 5470. The molecule has 11 aromatic carbocycles. The Balaban J connectivity index is 0.000000198. The van der Waals surface area contributed by atoms with Crippen LogP contribution in [0.25, 0.3) is 66.1 Å². The Labute approximate surface area is 628 Å². The van der Waals surface area contributed by atoms with Gasteiger partial charge in [-0.2, -0.15) is 38.4 Å². The number of fused-ring (bicyclic) bond motifs is 2. The lowest BCUT2D eigenvalue weighted by molar-refractivity contribution is -0.193. The van der Waals surface area contributed by atoms with Gasteiger partial charge in [-0.1, -0.05) is 172 Å². The normalized spacial score (nSPS) is 14.7. The third kappa shape index (κ3) is 17.3. The molecule has 110 heavy (non-hydrogen) atoms. The van der Waals surface area contributed by atoms with Gasteiger partial charge in [-0.3, -0.25) is 19.2 Å². The Morgan fingerprint density at radius 3 is 1.00 bits per heavy atom. The van der Waals surface area contributed by atoms with E-state index in [0.29, 0.717) is 16.9 Å². The molecule has 1 saturated heterocycles. The first-order valence-corrected chi connectivity index (χ1v) is 34.3. The van der Waals surface area contributed by atoms with Crippen molar-refractivity contribution in [1.29, 1.82) is 0 Å². The second-order valence-corrected chi connectivity index (χ2v) is 24.7. The number of carboxylic acid groups (broad SMARTS) is 2. The Morgan fingerprint density at radius 2 is 0.645 bits per heavy atom. The molecule has 22 heteroatoms. The quantitative estimate of drug-likeness (QED) is 0.0580. The molecule has 2 N–H and O–H groups in total. The molecule has 4 atom stereocenters. The van der Waals surface area contributed by atoms with Crippen LogP contribution in [-0.2, 0) is 79.8 Å². The molecular weight excluding hydrogens is 1400 g/mol. The molecule has 2 heterocycles. The predicted octanol–water partition coefficient (Wildman–Crippen LogP) is 14.4. The minimum atomic E-state index is -1.23. The van der Waals surface area contributed by atoms with Crippen LogP contribution in [-0.4, -0.2) is 95.5 Å². The van der Waals surface area contributed by atoms with Crippen molar-refractivity contribution in [3.63, 3.8) is 0 Å². The summed E-state index contributed by atoms with van der Waals surface area (Å²) < 4.78 is 10.1. The van der Waals surface area contributed by atoms with Crippen molar-refractivity contribution in [2.24, 2.45) is 11.8 Å². The number of imide groups is 2. The number of nitrogens with zero attached hydrogens (tertiary/aromatic N) is 2. The Hall–Kier alpha value is -14.6. The molecule has 0 saturated carbocycles. The van der Waals surface area contributed by atoms with E-state index < -0.39 is 35.7 Å². The SMILES string of the molecule is CCOC(=O)c1ccc(-c2ccc3c(c2)C2c4ccc(-c5ccc(CC)cc5)cc4C3[C@H]3C(=O)N(c4ccccc4)C(=O)[C@@H]23)cc1C(=O)O.CCOC(=O)c1ccc(-c2ccc3cc4cc(-c5ccc(CC)cc5)ccc4cc3c2)cc1C(=O)O.O=C1C=CC(=O)N1c1ccccc1.O=C=O.O=C=O.O=C=O.O=C=O. The van der Waals surface area contributed by atoms with E-state index in [-0.39, 0.29) is 95.5 Å². The van der Waals surface area contributed by atoms with Crippen LogP contribution in [0.15, 0.2) is 243 Å². The van der Waals surface area contributed by atoms with E-state index in [1.54, 1.807) is 62.4 Å². The van der Waals surface area contributed by atoms with Gasteiger partial charge < -0.3 is 19.7 Å². The van der Waals surface area contributed by atoms with Crippen LogP contribution in [0, 0.1) is 11.8 Å². The third-order valence-electron chi connectivity index (χ3n) is 18.8. The van der Waals surface area contributed by atoms with Crippen LogP contribution in [0.5, 0.6) is 0 Å². The van der Waals surface area contributed by atoms with Gasteiger partial charge in [-0.05, 0) is 199 Å². The van der Waals surface area contributed by atoms with Gasteiger partial charge in [0.1, 0.15) is 0 Å². The highest BCUT2D eigenvalue weighted by Crippen LogP contribution is 2.62. The van der Waals surface area contributed by atoms with Crippen LogP contribution >= 0.6 is 0 Å². The van der Waals surface area contributed by atoms with Crippen LogP contribution in [0.3, 0.4) is 0 Å². The number of hydrogen-bond donors (Lipinski definition) is 2. The van der Waals surface area contributed by atoms with Gasteiger partial charge >= 0.3 is 48.5 Å². The van der Waals surface area contributed by atoms with Crippen molar-refractivity contribution >= 4 is 105 Å². The van der Waals surface area contributed by atoms with Gasteiger partial charge in [0.05, 0.1) is 58.7 Å². The number of carbonyl (C=O) groups excluding carboxylic acids is 14. The van der Waals surface area contributed by atoms with Gasteiger partial charge in [-0.15, -0.1) is 0 Å². The van der Waals surface area contributed by atoms with Crippen molar-refractivity contribution in [2.75, 3.05) is 23.0 Å². The van der Waals surface area contributed by atoms with Gasteiger partial charge in [0.25, 0.3) is 11.8 Å². The second kappa shape index (κ2) is 36.9. The first-order chi connectivity index (χ1) is 53.2. The van der Waals surface area contributed by atoms with E-state index >= 15 is 0 Å². The fourth-order valence-electron chi connectivity index (χ4n) is 14.0. The van der Waals surface area contributed by atoms with Crippen LogP contribution in [0.1, 0.15) is 114 Å². The first-order valence-electron chi connectivity index (χ1n) is 34.3. The molecule has 5 aliphatic rings. The number of anilines is 2.